The van der Waals surface area contributed by atoms with Gasteiger partial charge in [0.1, 0.15) is 0 Å². The Morgan fingerprint density at radius 3 is 2.53 bits per heavy atom. The molecule has 1 spiro atoms. The molecule has 2 aliphatic rings. The molecular formula is C22H22ClN3O3S. The Balaban J connectivity index is 1.28. The molecule has 1 aliphatic carbocycles. The average Bonchev–Trinajstić information content (AvgIpc) is 3.20. The van der Waals surface area contributed by atoms with Gasteiger partial charge in [-0.05, 0) is 67.5 Å². The maximum atomic E-state index is 13.1. The van der Waals surface area contributed by atoms with Crippen LogP contribution in [-0.4, -0.2) is 36.0 Å². The lowest BCUT2D eigenvalue weighted by molar-refractivity contribution is 0.246. The van der Waals surface area contributed by atoms with Crippen LogP contribution in [0.15, 0.2) is 57.8 Å². The van der Waals surface area contributed by atoms with E-state index in [9.17, 15) is 8.42 Å². The van der Waals surface area contributed by atoms with Gasteiger partial charge in [-0.1, -0.05) is 29.8 Å². The van der Waals surface area contributed by atoms with Crippen LogP contribution in [0.4, 0.5) is 0 Å². The Labute approximate surface area is 180 Å². The monoisotopic (exact) mass is 443 g/mol. The Kier molecular flexibility index (Phi) is 4.72. The van der Waals surface area contributed by atoms with Gasteiger partial charge in [0, 0.05) is 29.6 Å². The molecule has 2 fully saturated rings. The number of sulfonamides is 1. The normalized spacial score (nSPS) is 21.1. The van der Waals surface area contributed by atoms with E-state index >= 15 is 0 Å². The van der Waals surface area contributed by atoms with Crippen LogP contribution in [0.5, 0.6) is 0 Å². The zero-order valence-electron chi connectivity index (χ0n) is 16.6. The molecule has 30 heavy (non-hydrogen) atoms. The van der Waals surface area contributed by atoms with E-state index in [1.54, 1.807) is 29.4 Å². The highest BCUT2D eigenvalue weighted by Crippen LogP contribution is 2.64. The van der Waals surface area contributed by atoms with Gasteiger partial charge in [0.05, 0.1) is 4.90 Å². The van der Waals surface area contributed by atoms with Crippen LogP contribution in [0.25, 0.3) is 11.5 Å². The van der Waals surface area contributed by atoms with Crippen molar-refractivity contribution in [1.29, 1.82) is 0 Å². The summed E-state index contributed by atoms with van der Waals surface area (Å²) in [5, 5.41) is 9.02. The maximum absolute atomic E-state index is 13.1. The number of rotatable bonds is 4. The van der Waals surface area contributed by atoms with E-state index in [-0.39, 0.29) is 11.3 Å². The second-order valence-corrected chi connectivity index (χ2v) is 10.6. The number of piperidine rings is 1. The minimum Gasteiger partial charge on any atom is -0.420 e. The molecule has 1 aromatic heterocycles. The first kappa shape index (κ1) is 19.7. The minimum atomic E-state index is -3.52. The summed E-state index contributed by atoms with van der Waals surface area (Å²) < 4.78 is 33.7. The molecule has 2 heterocycles. The van der Waals surface area contributed by atoms with Gasteiger partial charge >= 0.3 is 0 Å². The molecule has 5 rings (SSSR count). The van der Waals surface area contributed by atoms with E-state index in [4.69, 9.17) is 16.0 Å². The maximum Gasteiger partial charge on any atom is 0.247 e. The van der Waals surface area contributed by atoms with Crippen molar-refractivity contribution in [3.05, 3.63) is 65.0 Å². The van der Waals surface area contributed by atoms with E-state index in [0.717, 1.165) is 24.8 Å². The summed E-state index contributed by atoms with van der Waals surface area (Å²) in [6.07, 6.45) is 2.57. The fourth-order valence-corrected chi connectivity index (χ4v) is 6.41. The average molecular weight is 444 g/mol. The topological polar surface area (TPSA) is 76.3 Å². The third-order valence-corrected chi connectivity index (χ3v) is 8.72. The van der Waals surface area contributed by atoms with Crippen molar-refractivity contribution in [1.82, 2.24) is 14.5 Å². The molecule has 0 unspecified atom stereocenters. The highest BCUT2D eigenvalue weighted by molar-refractivity contribution is 7.89. The highest BCUT2D eigenvalue weighted by atomic mass is 35.5. The number of nitrogens with zero attached hydrogens (tertiary/aromatic N) is 3. The van der Waals surface area contributed by atoms with E-state index in [0.29, 0.717) is 40.4 Å². The summed E-state index contributed by atoms with van der Waals surface area (Å²) in [4.78, 5) is 0.333. The van der Waals surface area contributed by atoms with Gasteiger partial charge in [-0.2, -0.15) is 4.31 Å². The van der Waals surface area contributed by atoms with Gasteiger partial charge in [0.2, 0.25) is 21.8 Å². The summed E-state index contributed by atoms with van der Waals surface area (Å²) >= 11 is 5.99. The lowest BCUT2D eigenvalue weighted by Gasteiger charge is -2.32. The number of aromatic nitrogens is 2. The molecule has 0 N–H and O–H groups in total. The smallest absolute Gasteiger partial charge is 0.247 e. The van der Waals surface area contributed by atoms with Crippen molar-refractivity contribution in [3.8, 4) is 11.5 Å². The molecule has 0 amide bonds. The SMILES string of the molecule is Cc1cc(Cl)ccc1S(=O)(=O)N1CCC2(CC1)C[C@@H]2c1nnc(-c2ccccc2)o1. The molecule has 1 saturated heterocycles. The first-order chi connectivity index (χ1) is 14.4. The second-order valence-electron chi connectivity index (χ2n) is 8.24. The summed E-state index contributed by atoms with van der Waals surface area (Å²) in [7, 11) is -3.52. The van der Waals surface area contributed by atoms with Crippen molar-refractivity contribution in [3.63, 3.8) is 0 Å². The molecular weight excluding hydrogens is 422 g/mol. The second kappa shape index (κ2) is 7.18. The van der Waals surface area contributed by atoms with Gasteiger partial charge in [-0.15, -0.1) is 10.2 Å². The molecule has 2 aromatic carbocycles. The van der Waals surface area contributed by atoms with Gasteiger partial charge < -0.3 is 4.42 Å². The van der Waals surface area contributed by atoms with Gasteiger partial charge in [0.25, 0.3) is 0 Å². The Morgan fingerprint density at radius 1 is 1.10 bits per heavy atom. The Morgan fingerprint density at radius 2 is 1.83 bits per heavy atom. The molecule has 1 atom stereocenters. The van der Waals surface area contributed by atoms with E-state index in [1.807, 2.05) is 30.3 Å². The largest absolute Gasteiger partial charge is 0.420 e. The zero-order valence-corrected chi connectivity index (χ0v) is 18.2. The number of benzene rings is 2. The van der Waals surface area contributed by atoms with Crippen LogP contribution in [0, 0.1) is 12.3 Å². The highest BCUT2D eigenvalue weighted by Gasteiger charge is 2.59. The summed E-state index contributed by atoms with van der Waals surface area (Å²) in [5.41, 5.74) is 1.65. The van der Waals surface area contributed by atoms with Crippen molar-refractivity contribution in [2.75, 3.05) is 13.1 Å². The molecule has 8 heteroatoms. The van der Waals surface area contributed by atoms with Gasteiger partial charge in [-0.25, -0.2) is 8.42 Å². The van der Waals surface area contributed by atoms with Crippen LogP contribution in [0.1, 0.15) is 36.6 Å². The van der Waals surface area contributed by atoms with Gasteiger partial charge in [-0.3, -0.25) is 0 Å². The Bertz CT molecular complexity index is 1190. The summed E-state index contributed by atoms with van der Waals surface area (Å²) in [6.45, 7) is 2.78. The third kappa shape index (κ3) is 3.35. The van der Waals surface area contributed by atoms with Crippen LogP contribution >= 0.6 is 11.6 Å². The molecule has 3 aromatic rings. The number of hydrogen-bond donors (Lipinski definition) is 0. The minimum absolute atomic E-state index is 0.0710. The third-order valence-electron chi connectivity index (χ3n) is 6.42. The number of aryl methyl sites for hydroxylation is 1. The van der Waals surface area contributed by atoms with Crippen molar-refractivity contribution < 1.29 is 12.8 Å². The van der Waals surface area contributed by atoms with Crippen LogP contribution in [0.3, 0.4) is 0 Å². The first-order valence-corrected chi connectivity index (χ1v) is 11.9. The summed E-state index contributed by atoms with van der Waals surface area (Å²) in [6, 6.07) is 14.6. The van der Waals surface area contributed by atoms with Crippen molar-refractivity contribution in [2.24, 2.45) is 5.41 Å². The van der Waals surface area contributed by atoms with Gasteiger partial charge in [0.15, 0.2) is 0 Å². The van der Waals surface area contributed by atoms with E-state index in [2.05, 4.69) is 10.2 Å². The number of hydrogen-bond acceptors (Lipinski definition) is 5. The fraction of sp³-hybridized carbons (Fsp3) is 0.364. The first-order valence-electron chi connectivity index (χ1n) is 10.0. The Hall–Kier alpha value is -2.22. The molecule has 0 radical (unpaired) electrons. The molecule has 0 bridgehead atoms. The van der Waals surface area contributed by atoms with E-state index < -0.39 is 10.0 Å². The van der Waals surface area contributed by atoms with Crippen LogP contribution < -0.4 is 0 Å². The summed E-state index contributed by atoms with van der Waals surface area (Å²) in [5.74, 6) is 1.41. The quantitative estimate of drug-likeness (QED) is 0.586. The standard InChI is InChI=1S/C22H22ClN3O3S/c1-15-13-17(23)7-8-19(15)30(27,28)26-11-9-22(10-12-26)14-18(22)21-25-24-20(29-21)16-5-3-2-4-6-16/h2-8,13,18H,9-12,14H2,1H3/t18-/m1/s1. The molecule has 1 aliphatic heterocycles. The molecule has 6 nitrogen and oxygen atoms in total. The zero-order chi connectivity index (χ0) is 20.9. The van der Waals surface area contributed by atoms with Crippen LogP contribution in [-0.2, 0) is 10.0 Å². The van der Waals surface area contributed by atoms with E-state index in [1.165, 1.54) is 0 Å². The van der Waals surface area contributed by atoms with Crippen molar-refractivity contribution in [2.45, 2.75) is 37.0 Å². The van der Waals surface area contributed by atoms with Crippen LogP contribution in [0.2, 0.25) is 5.02 Å². The number of halogens is 1. The lowest BCUT2D eigenvalue weighted by atomic mass is 9.92. The molecule has 156 valence electrons. The predicted octanol–water partition coefficient (Wildman–Crippen LogP) is 4.66. The molecule has 1 saturated carbocycles. The lowest BCUT2D eigenvalue weighted by Crippen LogP contribution is -2.39. The predicted molar refractivity (Wildman–Crippen MR) is 114 cm³/mol. The van der Waals surface area contributed by atoms with Crippen molar-refractivity contribution >= 4 is 21.6 Å². The fourth-order valence-electron chi connectivity index (χ4n) is 4.54.